The van der Waals surface area contributed by atoms with E-state index in [2.05, 4.69) is 22.6 Å². The van der Waals surface area contributed by atoms with E-state index >= 15 is 0 Å². The highest BCUT2D eigenvalue weighted by molar-refractivity contribution is 7.10. The van der Waals surface area contributed by atoms with E-state index in [0.29, 0.717) is 16.6 Å². The summed E-state index contributed by atoms with van der Waals surface area (Å²) in [6.45, 7) is 3.88. The van der Waals surface area contributed by atoms with E-state index in [4.69, 9.17) is 11.6 Å². The molecule has 6 nitrogen and oxygen atoms in total. The molecule has 2 N–H and O–H groups in total. The molecule has 3 amide bonds. The Kier molecular flexibility index (Phi) is 7.71. The number of amides is 3. The van der Waals surface area contributed by atoms with Crippen LogP contribution in [0, 0.1) is 11.8 Å². The van der Waals surface area contributed by atoms with E-state index in [1.807, 2.05) is 22.4 Å². The molecule has 1 aromatic heterocycles. The SMILES string of the molecule is CN1CCC(C2CCN(C(=O)[C@H](NC(=O)Nc3ccc(Cl)cc3)c3cccs3)CC2)CC1. The lowest BCUT2D eigenvalue weighted by Crippen LogP contribution is -2.47. The fourth-order valence-electron chi connectivity index (χ4n) is 4.82. The monoisotopic (exact) mass is 474 g/mol. The third kappa shape index (κ3) is 5.82. The van der Waals surface area contributed by atoms with Gasteiger partial charge in [-0.15, -0.1) is 11.3 Å². The number of rotatable bonds is 5. The number of urea groups is 1. The number of nitrogens with zero attached hydrogens (tertiary/aromatic N) is 2. The Morgan fingerprint density at radius 2 is 1.62 bits per heavy atom. The quantitative estimate of drug-likeness (QED) is 0.651. The second-order valence-electron chi connectivity index (χ2n) is 8.86. The lowest BCUT2D eigenvalue weighted by molar-refractivity contribution is -0.135. The van der Waals surface area contributed by atoms with E-state index < -0.39 is 12.1 Å². The summed E-state index contributed by atoms with van der Waals surface area (Å²) in [4.78, 5) is 31.3. The number of carbonyl (C=O) groups excluding carboxylic acids is 2. The van der Waals surface area contributed by atoms with Gasteiger partial charge in [0.2, 0.25) is 0 Å². The zero-order valence-corrected chi connectivity index (χ0v) is 20.0. The molecule has 2 saturated heterocycles. The van der Waals surface area contributed by atoms with Crippen LogP contribution < -0.4 is 10.6 Å². The van der Waals surface area contributed by atoms with Gasteiger partial charge in [-0.1, -0.05) is 17.7 Å². The minimum absolute atomic E-state index is 0.0273. The van der Waals surface area contributed by atoms with Crippen molar-refractivity contribution in [2.75, 3.05) is 38.5 Å². The maximum atomic E-state index is 13.4. The van der Waals surface area contributed by atoms with Crippen molar-refractivity contribution in [2.24, 2.45) is 11.8 Å². The van der Waals surface area contributed by atoms with Gasteiger partial charge in [0.25, 0.3) is 5.91 Å². The molecule has 4 rings (SSSR count). The van der Waals surface area contributed by atoms with E-state index in [-0.39, 0.29) is 5.91 Å². The van der Waals surface area contributed by atoms with Crippen LogP contribution in [0.4, 0.5) is 10.5 Å². The van der Waals surface area contributed by atoms with Crippen LogP contribution in [-0.2, 0) is 4.79 Å². The van der Waals surface area contributed by atoms with Crippen molar-refractivity contribution in [1.82, 2.24) is 15.1 Å². The van der Waals surface area contributed by atoms with Gasteiger partial charge in [-0.05, 0) is 93.4 Å². The highest BCUT2D eigenvalue weighted by Crippen LogP contribution is 2.33. The summed E-state index contributed by atoms with van der Waals surface area (Å²) in [5.41, 5.74) is 0.628. The molecule has 0 unspecified atom stereocenters. The van der Waals surface area contributed by atoms with E-state index in [0.717, 1.165) is 36.7 Å². The minimum Gasteiger partial charge on any atom is -0.341 e. The molecule has 0 radical (unpaired) electrons. The normalized spacial score (nSPS) is 19.5. The van der Waals surface area contributed by atoms with Crippen LogP contribution >= 0.6 is 22.9 Å². The largest absolute Gasteiger partial charge is 0.341 e. The lowest BCUT2D eigenvalue weighted by atomic mass is 9.79. The second kappa shape index (κ2) is 10.7. The van der Waals surface area contributed by atoms with Gasteiger partial charge in [0.05, 0.1) is 0 Å². The average Bonchev–Trinajstić information content (AvgIpc) is 3.34. The van der Waals surface area contributed by atoms with Crippen LogP contribution in [0.1, 0.15) is 36.6 Å². The van der Waals surface area contributed by atoms with Crippen molar-refractivity contribution in [3.8, 4) is 0 Å². The molecular weight excluding hydrogens is 444 g/mol. The van der Waals surface area contributed by atoms with Crippen LogP contribution in [0.25, 0.3) is 0 Å². The third-order valence-corrected chi connectivity index (χ3v) is 7.92. The maximum absolute atomic E-state index is 13.4. The lowest BCUT2D eigenvalue weighted by Gasteiger charge is -2.40. The van der Waals surface area contributed by atoms with Crippen molar-refractivity contribution >= 4 is 40.6 Å². The van der Waals surface area contributed by atoms with Crippen LogP contribution in [0.15, 0.2) is 41.8 Å². The summed E-state index contributed by atoms with van der Waals surface area (Å²) < 4.78 is 0. The van der Waals surface area contributed by atoms with E-state index in [1.54, 1.807) is 24.3 Å². The molecule has 0 aliphatic carbocycles. The molecular formula is C24H31ClN4O2S. The van der Waals surface area contributed by atoms with Crippen molar-refractivity contribution in [3.63, 3.8) is 0 Å². The van der Waals surface area contributed by atoms with Gasteiger partial charge < -0.3 is 20.4 Å². The predicted molar refractivity (Wildman–Crippen MR) is 130 cm³/mol. The highest BCUT2D eigenvalue weighted by atomic mass is 35.5. The Bertz CT molecular complexity index is 889. The Hall–Kier alpha value is -2.09. The van der Waals surface area contributed by atoms with Crippen LogP contribution in [0.5, 0.6) is 0 Å². The summed E-state index contributed by atoms with van der Waals surface area (Å²) in [5, 5.41) is 8.22. The number of piperidine rings is 2. The summed E-state index contributed by atoms with van der Waals surface area (Å²) in [6.07, 6.45) is 4.63. The Labute approximate surface area is 198 Å². The molecule has 8 heteroatoms. The average molecular weight is 475 g/mol. The fourth-order valence-corrected chi connectivity index (χ4v) is 5.71. The fraction of sp³-hybridized carbons (Fsp3) is 0.500. The summed E-state index contributed by atoms with van der Waals surface area (Å²) in [7, 11) is 2.19. The predicted octanol–water partition coefficient (Wildman–Crippen LogP) is 4.84. The number of thiophene rings is 1. The van der Waals surface area contributed by atoms with Gasteiger partial charge in [0.1, 0.15) is 6.04 Å². The molecule has 2 fully saturated rings. The zero-order valence-electron chi connectivity index (χ0n) is 18.4. The Balaban J connectivity index is 1.36. The first kappa shape index (κ1) is 23.1. The smallest absolute Gasteiger partial charge is 0.320 e. The molecule has 32 heavy (non-hydrogen) atoms. The Morgan fingerprint density at radius 1 is 1.00 bits per heavy atom. The third-order valence-electron chi connectivity index (χ3n) is 6.73. The number of halogens is 1. The van der Waals surface area contributed by atoms with E-state index in [9.17, 15) is 9.59 Å². The zero-order chi connectivity index (χ0) is 22.5. The minimum atomic E-state index is -0.679. The molecule has 1 aromatic carbocycles. The van der Waals surface area contributed by atoms with Crippen LogP contribution in [0.3, 0.4) is 0 Å². The molecule has 2 aliphatic rings. The summed E-state index contributed by atoms with van der Waals surface area (Å²) >= 11 is 7.40. The van der Waals surface area contributed by atoms with Gasteiger partial charge in [-0.3, -0.25) is 4.79 Å². The molecule has 0 saturated carbocycles. The molecule has 2 aromatic rings. The number of nitrogens with one attached hydrogen (secondary N) is 2. The number of hydrogen-bond donors (Lipinski definition) is 2. The molecule has 0 spiro atoms. The van der Waals surface area contributed by atoms with Gasteiger partial charge in [-0.2, -0.15) is 0 Å². The van der Waals surface area contributed by atoms with Gasteiger partial charge in [0, 0.05) is 28.7 Å². The van der Waals surface area contributed by atoms with Gasteiger partial charge in [-0.25, -0.2) is 4.79 Å². The summed E-state index contributed by atoms with van der Waals surface area (Å²) in [6, 6.07) is 9.63. The van der Waals surface area contributed by atoms with Crippen molar-refractivity contribution < 1.29 is 9.59 Å². The first-order valence-corrected chi connectivity index (χ1v) is 12.6. The highest BCUT2D eigenvalue weighted by Gasteiger charge is 2.34. The maximum Gasteiger partial charge on any atom is 0.320 e. The number of anilines is 1. The second-order valence-corrected chi connectivity index (χ2v) is 10.3. The number of hydrogen-bond acceptors (Lipinski definition) is 4. The summed E-state index contributed by atoms with van der Waals surface area (Å²) in [5.74, 6) is 1.45. The first-order chi connectivity index (χ1) is 15.5. The van der Waals surface area contributed by atoms with Gasteiger partial charge >= 0.3 is 6.03 Å². The molecule has 0 bridgehead atoms. The van der Waals surface area contributed by atoms with Gasteiger partial charge in [0.15, 0.2) is 0 Å². The van der Waals surface area contributed by atoms with E-state index in [1.165, 1.54) is 37.3 Å². The number of carbonyl (C=O) groups is 2. The van der Waals surface area contributed by atoms with Crippen LogP contribution in [-0.4, -0.2) is 55.0 Å². The number of likely N-dealkylation sites (tertiary alicyclic amines) is 2. The molecule has 172 valence electrons. The van der Waals surface area contributed by atoms with Crippen molar-refractivity contribution in [1.29, 1.82) is 0 Å². The topological polar surface area (TPSA) is 64.7 Å². The van der Waals surface area contributed by atoms with Crippen molar-refractivity contribution in [2.45, 2.75) is 31.7 Å². The number of benzene rings is 1. The molecule has 2 aliphatic heterocycles. The Morgan fingerprint density at radius 3 is 2.22 bits per heavy atom. The van der Waals surface area contributed by atoms with Crippen LogP contribution in [0.2, 0.25) is 5.02 Å². The standard InChI is InChI=1S/C24H31ClN4O2S/c1-28-12-8-17(9-13-28)18-10-14-29(15-11-18)23(30)22(21-3-2-16-32-21)27-24(31)26-20-6-4-19(25)5-7-20/h2-7,16-18,22H,8-15H2,1H3,(H2,26,27,31)/t22-/m1/s1. The molecule has 3 heterocycles. The first-order valence-electron chi connectivity index (χ1n) is 11.3. The van der Waals surface area contributed by atoms with Crippen molar-refractivity contribution in [3.05, 3.63) is 51.7 Å². The molecule has 1 atom stereocenters.